The third-order valence-corrected chi connectivity index (χ3v) is 6.18. The van der Waals surface area contributed by atoms with Gasteiger partial charge in [-0.2, -0.15) is 0 Å². The normalized spacial score (nSPS) is 13.0. The van der Waals surface area contributed by atoms with Crippen molar-refractivity contribution in [3.63, 3.8) is 0 Å². The van der Waals surface area contributed by atoms with E-state index in [1.165, 1.54) is 18.2 Å². The van der Waals surface area contributed by atoms with Gasteiger partial charge < -0.3 is 24.8 Å². The van der Waals surface area contributed by atoms with Crippen LogP contribution in [0.1, 0.15) is 45.4 Å². The number of hydrogen-bond donors (Lipinski definition) is 3. The number of imidazole rings is 1. The summed E-state index contributed by atoms with van der Waals surface area (Å²) in [5.41, 5.74) is 3.27. The molecule has 2 atom stereocenters. The number of rotatable bonds is 12. The van der Waals surface area contributed by atoms with Crippen molar-refractivity contribution < 1.29 is 24.1 Å². The lowest BCUT2D eigenvalue weighted by Gasteiger charge is -2.14. The molecule has 2 aromatic heterocycles. The van der Waals surface area contributed by atoms with Crippen LogP contribution in [0, 0.1) is 5.82 Å². The third kappa shape index (κ3) is 7.84. The number of hydrogen-bond acceptors (Lipinski definition) is 8. The lowest BCUT2D eigenvalue weighted by atomic mass is 10.1. The molecule has 214 valence electrons. The van der Waals surface area contributed by atoms with Crippen molar-refractivity contribution in [3.05, 3.63) is 84.6 Å². The van der Waals surface area contributed by atoms with Crippen molar-refractivity contribution in [1.29, 1.82) is 0 Å². The summed E-state index contributed by atoms with van der Waals surface area (Å²) < 4.78 is 20.5. The largest absolute Gasteiger partial charge is 0.466 e. The second kappa shape index (κ2) is 13.8. The first kappa shape index (κ1) is 29.6. The summed E-state index contributed by atoms with van der Waals surface area (Å²) in [6.07, 6.45) is 2.47. The first-order valence-corrected chi connectivity index (χ1v) is 13.5. The smallest absolute Gasteiger partial charge is 0.308 e. The fraction of sp³-hybridized carbons (Fsp3) is 0.290. The van der Waals surface area contributed by atoms with Gasteiger partial charge >= 0.3 is 5.97 Å². The Morgan fingerprint density at radius 1 is 1.07 bits per heavy atom. The number of aliphatic hydroxyl groups is 2. The molecule has 0 amide bonds. The number of ether oxygens (including phenoxy) is 1. The van der Waals surface area contributed by atoms with E-state index in [1.807, 2.05) is 48.7 Å². The monoisotopic (exact) mass is 559 g/mol. The topological polar surface area (TPSA) is 122 Å². The maximum Gasteiger partial charge on any atom is 0.308 e. The van der Waals surface area contributed by atoms with Gasteiger partial charge in [0.05, 0.1) is 42.3 Å². The van der Waals surface area contributed by atoms with E-state index in [4.69, 9.17) is 14.7 Å². The molecule has 0 radical (unpaired) electrons. The fourth-order valence-corrected chi connectivity index (χ4v) is 4.30. The first-order chi connectivity index (χ1) is 19.7. The Labute approximate surface area is 238 Å². The number of aromatic nitrogens is 4. The third-order valence-electron chi connectivity index (χ3n) is 6.18. The van der Waals surface area contributed by atoms with Gasteiger partial charge in [-0.1, -0.05) is 32.0 Å². The Morgan fingerprint density at radius 2 is 1.80 bits per heavy atom. The van der Waals surface area contributed by atoms with Gasteiger partial charge in [0.25, 0.3) is 0 Å². The standard InChI is InChI=1S/C31H34FN5O4/c1-4-41-27(40)19-25(39)18-24(38)15-17-37-29(26-14-16-33-31(35-26)34-23-8-6-5-7-9-23)28(36-30(37)20(2)3)21-10-12-22(32)13-11-21/h5-17,20,24-25,38-39H,4,18-19H2,1-3H3,(H,33,34,35)/t24-,25-/m1/s1. The van der Waals surface area contributed by atoms with Crippen molar-refractivity contribution in [2.75, 3.05) is 11.9 Å². The van der Waals surface area contributed by atoms with Gasteiger partial charge in [-0.15, -0.1) is 0 Å². The van der Waals surface area contributed by atoms with Crippen LogP contribution in [-0.2, 0) is 9.53 Å². The van der Waals surface area contributed by atoms with Gasteiger partial charge in [-0.05, 0) is 55.5 Å². The molecule has 0 saturated carbocycles. The van der Waals surface area contributed by atoms with Gasteiger partial charge in [0, 0.05) is 36.0 Å². The Balaban J connectivity index is 1.75. The van der Waals surface area contributed by atoms with Gasteiger partial charge in [-0.25, -0.2) is 19.3 Å². The van der Waals surface area contributed by atoms with Crippen LogP contribution >= 0.6 is 0 Å². The number of nitrogens with zero attached hydrogens (tertiary/aromatic N) is 4. The predicted octanol–water partition coefficient (Wildman–Crippen LogP) is 5.55. The quantitative estimate of drug-likeness (QED) is 0.193. The highest BCUT2D eigenvalue weighted by Crippen LogP contribution is 2.35. The lowest BCUT2D eigenvalue weighted by molar-refractivity contribution is -0.145. The maximum absolute atomic E-state index is 13.8. The Morgan fingerprint density at radius 3 is 2.49 bits per heavy atom. The van der Waals surface area contributed by atoms with E-state index in [1.54, 1.807) is 37.5 Å². The first-order valence-electron chi connectivity index (χ1n) is 13.5. The van der Waals surface area contributed by atoms with Gasteiger partial charge in [0.1, 0.15) is 11.6 Å². The zero-order valence-corrected chi connectivity index (χ0v) is 23.2. The fourth-order valence-electron chi connectivity index (χ4n) is 4.30. The maximum atomic E-state index is 13.8. The molecule has 2 aromatic carbocycles. The molecule has 41 heavy (non-hydrogen) atoms. The molecule has 0 fully saturated rings. The highest BCUT2D eigenvalue weighted by molar-refractivity contribution is 5.79. The molecule has 2 heterocycles. The van der Waals surface area contributed by atoms with E-state index >= 15 is 0 Å². The molecule has 0 unspecified atom stereocenters. The minimum Gasteiger partial charge on any atom is -0.466 e. The van der Waals surface area contributed by atoms with Crippen LogP contribution in [0.2, 0.25) is 0 Å². The number of nitrogens with one attached hydrogen (secondary N) is 1. The predicted molar refractivity (Wildman–Crippen MR) is 156 cm³/mol. The number of esters is 1. The van der Waals surface area contributed by atoms with E-state index < -0.39 is 18.2 Å². The van der Waals surface area contributed by atoms with Gasteiger partial charge in [-0.3, -0.25) is 4.79 Å². The molecule has 4 aromatic rings. The Hall–Kier alpha value is -4.41. The van der Waals surface area contributed by atoms with Gasteiger partial charge in [0.15, 0.2) is 0 Å². The average Bonchev–Trinajstić information content (AvgIpc) is 3.33. The number of para-hydroxylation sites is 1. The molecular weight excluding hydrogens is 525 g/mol. The van der Waals surface area contributed by atoms with Crippen LogP contribution in [0.5, 0.6) is 0 Å². The minimum absolute atomic E-state index is 0.0251. The molecular formula is C31H34FN5O4. The molecule has 9 nitrogen and oxygen atoms in total. The van der Waals surface area contributed by atoms with Crippen molar-refractivity contribution in [1.82, 2.24) is 19.5 Å². The van der Waals surface area contributed by atoms with Crippen molar-refractivity contribution in [3.8, 4) is 22.6 Å². The molecule has 10 heteroatoms. The van der Waals surface area contributed by atoms with E-state index in [-0.39, 0.29) is 31.2 Å². The van der Waals surface area contributed by atoms with Crippen LogP contribution in [0.4, 0.5) is 16.0 Å². The molecule has 0 aliphatic rings. The summed E-state index contributed by atoms with van der Waals surface area (Å²) in [6, 6.07) is 17.4. The van der Waals surface area contributed by atoms with E-state index in [2.05, 4.69) is 10.3 Å². The van der Waals surface area contributed by atoms with Crippen molar-refractivity contribution in [2.24, 2.45) is 0 Å². The van der Waals surface area contributed by atoms with Crippen LogP contribution in [0.3, 0.4) is 0 Å². The summed E-state index contributed by atoms with van der Waals surface area (Å²) in [4.78, 5) is 25.7. The van der Waals surface area contributed by atoms with Crippen LogP contribution < -0.4 is 5.32 Å². The average molecular weight is 560 g/mol. The van der Waals surface area contributed by atoms with E-state index in [9.17, 15) is 19.4 Å². The van der Waals surface area contributed by atoms with Gasteiger partial charge in [0.2, 0.25) is 5.95 Å². The highest BCUT2D eigenvalue weighted by atomic mass is 19.1. The highest BCUT2D eigenvalue weighted by Gasteiger charge is 2.23. The Bertz CT molecular complexity index is 1470. The number of carbonyl (C=O) groups excluding carboxylic acids is 1. The zero-order valence-electron chi connectivity index (χ0n) is 23.2. The van der Waals surface area contributed by atoms with Crippen molar-refractivity contribution >= 4 is 23.8 Å². The second-order valence-corrected chi connectivity index (χ2v) is 9.76. The van der Waals surface area contributed by atoms with E-state index in [0.29, 0.717) is 34.4 Å². The second-order valence-electron chi connectivity index (χ2n) is 9.76. The number of halogens is 1. The summed E-state index contributed by atoms with van der Waals surface area (Å²) in [5, 5.41) is 24.1. The molecule has 3 N–H and O–H groups in total. The van der Waals surface area contributed by atoms with Crippen molar-refractivity contribution in [2.45, 2.75) is 51.7 Å². The molecule has 4 rings (SSSR count). The lowest BCUT2D eigenvalue weighted by Crippen LogP contribution is -2.20. The summed E-state index contributed by atoms with van der Waals surface area (Å²) in [5.74, 6) is 0.153. The number of anilines is 2. The van der Waals surface area contributed by atoms with Crippen LogP contribution in [0.15, 0.2) is 72.9 Å². The van der Waals surface area contributed by atoms with Crippen LogP contribution in [0.25, 0.3) is 28.8 Å². The molecule has 0 saturated heterocycles. The molecule has 0 bridgehead atoms. The summed E-state index contributed by atoms with van der Waals surface area (Å²) >= 11 is 0. The number of carbonyl (C=O) groups is 1. The molecule has 0 spiro atoms. The molecule has 0 aliphatic heterocycles. The summed E-state index contributed by atoms with van der Waals surface area (Å²) in [6.45, 7) is 5.90. The Kier molecular flexibility index (Phi) is 9.94. The molecule has 0 aliphatic carbocycles. The zero-order chi connectivity index (χ0) is 29.4. The van der Waals surface area contributed by atoms with E-state index in [0.717, 1.165) is 5.69 Å². The SMILES string of the molecule is CCOC(=O)C[C@H](O)C[C@H](O)C=Cn1c(C(C)C)nc(-c2ccc(F)cc2)c1-c1ccnc(Nc2ccccc2)n1. The minimum atomic E-state index is -1.07. The summed E-state index contributed by atoms with van der Waals surface area (Å²) in [7, 11) is 0. The number of benzene rings is 2. The number of aliphatic hydroxyl groups excluding tert-OH is 2. The van der Waals surface area contributed by atoms with Crippen LogP contribution in [-0.4, -0.2) is 54.5 Å².